The average Bonchev–Trinajstić information content (AvgIpc) is 4.04. The summed E-state index contributed by atoms with van der Waals surface area (Å²) in [4.78, 5) is 0. The summed E-state index contributed by atoms with van der Waals surface area (Å²) in [6, 6.07) is 70.7. The smallest absolute Gasteiger partial charge is 0.143 e. The minimum absolute atomic E-state index is 0.892. The van der Waals surface area contributed by atoms with Crippen molar-refractivity contribution in [3.63, 3.8) is 0 Å². The first-order valence-electron chi connectivity index (χ1n) is 19.8. The highest BCUT2D eigenvalue weighted by Gasteiger charge is 2.21. The van der Waals surface area contributed by atoms with Gasteiger partial charge in [-0.15, -0.1) is 11.3 Å². The van der Waals surface area contributed by atoms with E-state index in [1.165, 1.54) is 74.9 Å². The van der Waals surface area contributed by atoms with Gasteiger partial charge >= 0.3 is 0 Å². The molecule has 13 aromatic rings. The number of aromatic nitrogens is 2. The number of hydrogen-bond acceptors (Lipinski definition) is 2. The molecule has 0 unspecified atom stereocenters. The quantitative estimate of drug-likeness (QED) is 0.175. The molecule has 4 aromatic heterocycles. The second-order valence-corrected chi connectivity index (χ2v) is 16.3. The van der Waals surface area contributed by atoms with Crippen LogP contribution >= 0.6 is 11.3 Å². The number of fused-ring (bicyclic) bond motifs is 12. The molecule has 9 aromatic carbocycles. The molecule has 0 amide bonds. The fourth-order valence-electron chi connectivity index (χ4n) is 9.55. The maximum Gasteiger partial charge on any atom is 0.143 e. The van der Waals surface area contributed by atoms with Crippen molar-refractivity contribution in [2.24, 2.45) is 0 Å². The van der Waals surface area contributed by atoms with Gasteiger partial charge in [0.15, 0.2) is 0 Å². The van der Waals surface area contributed by atoms with Crippen LogP contribution in [0.2, 0.25) is 0 Å². The van der Waals surface area contributed by atoms with Gasteiger partial charge in [-0.1, -0.05) is 115 Å². The molecule has 0 radical (unpaired) electrons. The first-order chi connectivity index (χ1) is 28.8. The third-order valence-electron chi connectivity index (χ3n) is 12.1. The van der Waals surface area contributed by atoms with Crippen LogP contribution in [0.3, 0.4) is 0 Å². The number of hydrogen-bond donors (Lipinski definition) is 0. The fourth-order valence-corrected chi connectivity index (χ4v) is 10.8. The van der Waals surface area contributed by atoms with E-state index in [0.29, 0.717) is 0 Å². The van der Waals surface area contributed by atoms with Gasteiger partial charge in [0.2, 0.25) is 0 Å². The molecule has 4 heteroatoms. The molecule has 0 bridgehead atoms. The minimum atomic E-state index is 0.892. The highest BCUT2D eigenvalue weighted by Crippen LogP contribution is 2.47. The predicted octanol–water partition coefficient (Wildman–Crippen LogP) is 15.5. The highest BCUT2D eigenvalue weighted by molar-refractivity contribution is 7.26. The molecule has 0 saturated heterocycles. The van der Waals surface area contributed by atoms with Crippen LogP contribution in [0.15, 0.2) is 199 Å². The lowest BCUT2D eigenvalue weighted by atomic mass is 9.94. The van der Waals surface area contributed by atoms with Gasteiger partial charge in [0, 0.05) is 75.0 Å². The molecule has 58 heavy (non-hydrogen) atoms. The Labute approximate surface area is 336 Å². The number of nitrogens with zero attached hydrogens (tertiary/aromatic N) is 2. The first-order valence-corrected chi connectivity index (χ1v) is 20.6. The minimum Gasteiger partial charge on any atom is -0.455 e. The van der Waals surface area contributed by atoms with Crippen LogP contribution < -0.4 is 0 Å². The Morgan fingerprint density at radius 3 is 1.66 bits per heavy atom. The molecule has 0 aliphatic carbocycles. The van der Waals surface area contributed by atoms with Crippen molar-refractivity contribution >= 4 is 97.1 Å². The van der Waals surface area contributed by atoms with E-state index >= 15 is 0 Å². The normalized spacial score (nSPS) is 12.1. The van der Waals surface area contributed by atoms with Crippen molar-refractivity contribution in [2.45, 2.75) is 0 Å². The molecular formula is C54H32N2OS. The third-order valence-corrected chi connectivity index (χ3v) is 13.3. The molecule has 0 aliphatic rings. The maximum absolute atomic E-state index is 6.81. The van der Waals surface area contributed by atoms with Gasteiger partial charge in [-0.3, -0.25) is 0 Å². The van der Waals surface area contributed by atoms with Gasteiger partial charge in [-0.05, 0) is 90.0 Å². The summed E-state index contributed by atoms with van der Waals surface area (Å²) in [5.74, 6) is 0. The lowest BCUT2D eigenvalue weighted by molar-refractivity contribution is 0.670. The van der Waals surface area contributed by atoms with Crippen LogP contribution in [0.4, 0.5) is 0 Å². The lowest BCUT2D eigenvalue weighted by Crippen LogP contribution is -1.95. The first kappa shape index (κ1) is 31.8. The zero-order valence-electron chi connectivity index (χ0n) is 31.2. The summed E-state index contributed by atoms with van der Waals surface area (Å²) < 4.78 is 14.2. The second-order valence-electron chi connectivity index (χ2n) is 15.3. The van der Waals surface area contributed by atoms with Crippen LogP contribution in [0.1, 0.15) is 0 Å². The second kappa shape index (κ2) is 12.1. The van der Waals surface area contributed by atoms with Crippen LogP contribution in [-0.4, -0.2) is 9.13 Å². The van der Waals surface area contributed by atoms with E-state index < -0.39 is 0 Å². The van der Waals surface area contributed by atoms with Crippen LogP contribution in [0.5, 0.6) is 0 Å². The molecular weight excluding hydrogens is 725 g/mol. The van der Waals surface area contributed by atoms with E-state index in [1.807, 2.05) is 11.3 Å². The Kier molecular flexibility index (Phi) is 6.60. The Bertz CT molecular complexity index is 3750. The van der Waals surface area contributed by atoms with E-state index in [0.717, 1.165) is 44.4 Å². The van der Waals surface area contributed by atoms with Crippen molar-refractivity contribution in [3.8, 4) is 33.6 Å². The number of benzene rings is 9. The summed E-state index contributed by atoms with van der Waals surface area (Å²) >= 11 is 1.88. The van der Waals surface area contributed by atoms with Gasteiger partial charge < -0.3 is 13.6 Å². The number of thiophene rings is 1. The van der Waals surface area contributed by atoms with E-state index in [9.17, 15) is 0 Å². The van der Waals surface area contributed by atoms with E-state index in [4.69, 9.17) is 4.42 Å². The molecule has 0 atom stereocenters. The highest BCUT2D eigenvalue weighted by atomic mass is 32.1. The van der Waals surface area contributed by atoms with E-state index in [2.05, 4.69) is 203 Å². The van der Waals surface area contributed by atoms with Gasteiger partial charge in [0.25, 0.3) is 0 Å². The lowest BCUT2D eigenvalue weighted by Gasteiger charge is -2.14. The standard InChI is InChI=1S/C54H32N2OS/c1-2-14-35(15-3-1)55-49-23-11-6-18-39(49)44-28-33(26-27-50(44)55)42-29-34(30-45-40-19-7-12-24-51(40)57-53(42)45)43-31-36(32-46-41-20-8-13-25-52(41)58-54(43)46)56-47-21-9-4-16-37(47)38-17-5-10-22-48(38)56/h1-32H. The number of furan rings is 1. The van der Waals surface area contributed by atoms with Crippen molar-refractivity contribution in [1.82, 2.24) is 9.13 Å². The molecule has 3 nitrogen and oxygen atoms in total. The summed E-state index contributed by atoms with van der Waals surface area (Å²) in [5.41, 5.74) is 13.5. The maximum atomic E-state index is 6.81. The van der Waals surface area contributed by atoms with Crippen molar-refractivity contribution in [2.75, 3.05) is 0 Å². The van der Waals surface area contributed by atoms with Gasteiger partial charge in [0.1, 0.15) is 11.2 Å². The molecule has 0 aliphatic heterocycles. The molecule has 4 heterocycles. The van der Waals surface area contributed by atoms with Crippen LogP contribution in [0.25, 0.3) is 119 Å². The Hall–Kier alpha value is -7.40. The number of rotatable bonds is 4. The monoisotopic (exact) mass is 756 g/mol. The third kappa shape index (κ3) is 4.49. The molecule has 0 fully saturated rings. The number of para-hydroxylation sites is 5. The molecule has 0 N–H and O–H groups in total. The predicted molar refractivity (Wildman–Crippen MR) is 246 cm³/mol. The van der Waals surface area contributed by atoms with Gasteiger partial charge in [-0.2, -0.15) is 0 Å². The summed E-state index contributed by atoms with van der Waals surface area (Å²) in [7, 11) is 0. The Morgan fingerprint density at radius 2 is 0.914 bits per heavy atom. The Morgan fingerprint density at radius 1 is 0.345 bits per heavy atom. The topological polar surface area (TPSA) is 23.0 Å². The fraction of sp³-hybridized carbons (Fsp3) is 0. The largest absolute Gasteiger partial charge is 0.455 e. The van der Waals surface area contributed by atoms with Crippen molar-refractivity contribution in [1.29, 1.82) is 0 Å². The summed E-state index contributed by atoms with van der Waals surface area (Å²) in [5, 5.41) is 9.74. The summed E-state index contributed by atoms with van der Waals surface area (Å²) in [6.45, 7) is 0. The molecule has 0 saturated carbocycles. The Balaban J connectivity index is 1.13. The SMILES string of the molecule is c1ccc(-n2c3ccccc3c3cc(-c4cc(-c5cc(-n6c7ccccc7c7ccccc76)cc6c5sc5ccccc56)cc5c4oc4ccccc45)ccc32)cc1. The zero-order chi connectivity index (χ0) is 37.9. The van der Waals surface area contributed by atoms with Crippen molar-refractivity contribution < 1.29 is 4.42 Å². The molecule has 270 valence electrons. The van der Waals surface area contributed by atoms with Gasteiger partial charge in [-0.25, -0.2) is 0 Å². The molecule has 0 spiro atoms. The van der Waals surface area contributed by atoms with E-state index in [-0.39, 0.29) is 0 Å². The van der Waals surface area contributed by atoms with Crippen molar-refractivity contribution in [3.05, 3.63) is 194 Å². The van der Waals surface area contributed by atoms with Gasteiger partial charge in [0.05, 0.1) is 22.1 Å². The average molecular weight is 757 g/mol. The molecule has 13 rings (SSSR count). The van der Waals surface area contributed by atoms with Crippen LogP contribution in [-0.2, 0) is 0 Å². The van der Waals surface area contributed by atoms with Crippen LogP contribution in [0, 0.1) is 0 Å². The van der Waals surface area contributed by atoms with E-state index in [1.54, 1.807) is 0 Å². The zero-order valence-corrected chi connectivity index (χ0v) is 32.0. The summed E-state index contributed by atoms with van der Waals surface area (Å²) in [6.07, 6.45) is 0.